The fourth-order valence-corrected chi connectivity index (χ4v) is 4.91. The van der Waals surface area contributed by atoms with Crippen molar-refractivity contribution >= 4 is 33.4 Å². The second-order valence-corrected chi connectivity index (χ2v) is 8.17. The molecule has 1 aromatic carbocycles. The van der Waals surface area contributed by atoms with Crippen LogP contribution < -0.4 is 24.6 Å². The molecule has 0 aliphatic carbocycles. The molecule has 2 fully saturated rings. The summed E-state index contributed by atoms with van der Waals surface area (Å²) in [5.41, 5.74) is 0.848. The highest BCUT2D eigenvalue weighted by Gasteiger charge is 2.34. The number of nitrogens with zero attached hydrogens (tertiary/aromatic N) is 4. The first-order valence-corrected chi connectivity index (χ1v) is 10.8. The van der Waals surface area contributed by atoms with Gasteiger partial charge in [-0.25, -0.2) is 0 Å². The Morgan fingerprint density at radius 3 is 2.77 bits per heavy atom. The van der Waals surface area contributed by atoms with Gasteiger partial charge in [0, 0.05) is 31.6 Å². The molecule has 9 nitrogen and oxygen atoms in total. The van der Waals surface area contributed by atoms with Gasteiger partial charge in [-0.1, -0.05) is 23.5 Å². The largest absolute Gasteiger partial charge is 0.493 e. The van der Waals surface area contributed by atoms with Crippen molar-refractivity contribution in [1.82, 2.24) is 15.5 Å². The molecule has 0 saturated carbocycles. The maximum Gasteiger partial charge on any atom is 0.243 e. The van der Waals surface area contributed by atoms with Crippen LogP contribution in [0.2, 0.25) is 0 Å². The van der Waals surface area contributed by atoms with E-state index in [2.05, 4.69) is 15.5 Å². The molecule has 160 valence electrons. The maximum atomic E-state index is 12.9. The van der Waals surface area contributed by atoms with Gasteiger partial charge in [-0.3, -0.25) is 14.5 Å². The van der Waals surface area contributed by atoms with Crippen molar-refractivity contribution in [3.63, 3.8) is 0 Å². The first-order valence-electron chi connectivity index (χ1n) is 10.0. The van der Waals surface area contributed by atoms with Crippen molar-refractivity contribution in [2.75, 3.05) is 37.1 Å². The van der Waals surface area contributed by atoms with Crippen LogP contribution in [0.1, 0.15) is 31.2 Å². The lowest BCUT2D eigenvalue weighted by Gasteiger charge is -2.23. The molecule has 2 saturated heterocycles. The van der Waals surface area contributed by atoms with E-state index in [0.29, 0.717) is 41.3 Å². The number of para-hydroxylation sites is 1. The molecule has 10 heteroatoms. The third kappa shape index (κ3) is 3.91. The number of aromatic nitrogens is 2. The molecule has 2 aliphatic rings. The van der Waals surface area contributed by atoms with E-state index in [1.165, 1.54) is 11.3 Å². The molecule has 4 rings (SSSR count). The van der Waals surface area contributed by atoms with E-state index in [1.54, 1.807) is 19.1 Å². The molecule has 2 amide bonds. The van der Waals surface area contributed by atoms with E-state index in [1.807, 2.05) is 23.1 Å². The summed E-state index contributed by atoms with van der Waals surface area (Å²) in [5, 5.41) is 12.8. The molecular weight excluding hydrogens is 406 g/mol. The summed E-state index contributed by atoms with van der Waals surface area (Å²) in [4.78, 5) is 28.6. The van der Waals surface area contributed by atoms with E-state index in [0.717, 1.165) is 31.4 Å². The molecule has 0 bridgehead atoms. The van der Waals surface area contributed by atoms with E-state index in [-0.39, 0.29) is 17.9 Å². The van der Waals surface area contributed by atoms with Crippen LogP contribution in [0.3, 0.4) is 0 Å². The topological polar surface area (TPSA) is 96.9 Å². The molecule has 1 atom stereocenters. The Balaban J connectivity index is 1.43. The maximum absolute atomic E-state index is 12.9. The highest BCUT2D eigenvalue weighted by atomic mass is 32.1. The van der Waals surface area contributed by atoms with Crippen molar-refractivity contribution in [2.45, 2.75) is 38.3 Å². The van der Waals surface area contributed by atoms with Gasteiger partial charge in [-0.2, -0.15) is 0 Å². The van der Waals surface area contributed by atoms with Crippen LogP contribution in [0.25, 0.3) is 0 Å². The minimum Gasteiger partial charge on any atom is -0.493 e. The van der Waals surface area contributed by atoms with Gasteiger partial charge in [-0.05, 0) is 25.3 Å². The van der Waals surface area contributed by atoms with Gasteiger partial charge in [0.15, 0.2) is 11.5 Å². The third-order valence-electron chi connectivity index (χ3n) is 5.45. The molecular formula is C20H25N5O4S. The zero-order valence-corrected chi connectivity index (χ0v) is 17.9. The van der Waals surface area contributed by atoms with Gasteiger partial charge in [0.2, 0.25) is 22.1 Å². The molecule has 0 radical (unpaired) electrons. The molecule has 2 aliphatic heterocycles. The van der Waals surface area contributed by atoms with Crippen molar-refractivity contribution < 1.29 is 19.1 Å². The molecule has 1 aromatic heterocycles. The summed E-state index contributed by atoms with van der Waals surface area (Å²) in [6, 6.07) is 5.28. The summed E-state index contributed by atoms with van der Waals surface area (Å²) in [6.45, 7) is 1.76. The SMILES string of the molecule is COc1cccc(CNC(=O)[C@H]2CCCN2c2nnc(N3CCCC3=O)s2)c1OC. The summed E-state index contributed by atoms with van der Waals surface area (Å²) < 4.78 is 10.8. The number of methoxy groups -OCH3 is 2. The number of hydrogen-bond donors (Lipinski definition) is 1. The van der Waals surface area contributed by atoms with Crippen LogP contribution in [0.4, 0.5) is 10.3 Å². The number of hydrogen-bond acceptors (Lipinski definition) is 8. The fraction of sp³-hybridized carbons (Fsp3) is 0.500. The predicted molar refractivity (Wildman–Crippen MR) is 113 cm³/mol. The molecule has 30 heavy (non-hydrogen) atoms. The number of anilines is 2. The number of benzene rings is 1. The van der Waals surface area contributed by atoms with E-state index in [9.17, 15) is 9.59 Å². The van der Waals surface area contributed by atoms with Gasteiger partial charge >= 0.3 is 0 Å². The Bertz CT molecular complexity index is 934. The second kappa shape index (κ2) is 8.86. The van der Waals surface area contributed by atoms with Crippen molar-refractivity contribution in [3.05, 3.63) is 23.8 Å². The van der Waals surface area contributed by atoms with Crippen LogP contribution in [0.5, 0.6) is 11.5 Å². The average molecular weight is 432 g/mol. The highest BCUT2D eigenvalue weighted by Crippen LogP contribution is 2.34. The smallest absolute Gasteiger partial charge is 0.243 e. The lowest BCUT2D eigenvalue weighted by molar-refractivity contribution is -0.122. The van der Waals surface area contributed by atoms with E-state index >= 15 is 0 Å². The second-order valence-electron chi connectivity index (χ2n) is 7.24. The third-order valence-corrected chi connectivity index (χ3v) is 6.43. The van der Waals surface area contributed by atoms with Crippen LogP contribution in [0, 0.1) is 0 Å². The predicted octanol–water partition coefficient (Wildman–Crippen LogP) is 1.97. The standard InChI is InChI=1S/C20H25N5O4S/c1-28-15-8-3-6-13(17(15)29-2)12-21-18(27)14-7-4-10-24(14)19-22-23-20(30-19)25-11-5-9-16(25)26/h3,6,8,14H,4-5,7,9-12H2,1-2H3,(H,21,27)/t14-/m1/s1. The molecule has 0 unspecified atom stereocenters. The van der Waals surface area contributed by atoms with Gasteiger partial charge in [0.25, 0.3) is 0 Å². The molecule has 0 spiro atoms. The van der Waals surface area contributed by atoms with Crippen LogP contribution in [0.15, 0.2) is 18.2 Å². The van der Waals surface area contributed by atoms with Crippen molar-refractivity contribution in [1.29, 1.82) is 0 Å². The number of ether oxygens (including phenoxy) is 2. The number of carbonyl (C=O) groups excluding carboxylic acids is 2. The Labute approximate surface area is 179 Å². The Morgan fingerprint density at radius 2 is 2.03 bits per heavy atom. The van der Waals surface area contributed by atoms with Crippen molar-refractivity contribution in [3.8, 4) is 11.5 Å². The quantitative estimate of drug-likeness (QED) is 0.716. The average Bonchev–Trinajstić information content (AvgIpc) is 3.51. The Hall–Kier alpha value is -2.88. The summed E-state index contributed by atoms with van der Waals surface area (Å²) >= 11 is 1.37. The van der Waals surface area contributed by atoms with E-state index in [4.69, 9.17) is 9.47 Å². The van der Waals surface area contributed by atoms with Crippen LogP contribution in [-0.4, -0.2) is 55.4 Å². The summed E-state index contributed by atoms with van der Waals surface area (Å²) in [6.07, 6.45) is 3.05. The first kappa shape index (κ1) is 20.4. The minimum atomic E-state index is -0.309. The normalized spacial score (nSPS) is 18.7. The Kier molecular flexibility index (Phi) is 6.03. The molecule has 2 aromatic rings. The van der Waals surface area contributed by atoms with E-state index < -0.39 is 0 Å². The number of rotatable bonds is 7. The lowest BCUT2D eigenvalue weighted by Crippen LogP contribution is -2.43. The summed E-state index contributed by atoms with van der Waals surface area (Å²) in [5.74, 6) is 1.27. The van der Waals surface area contributed by atoms with Gasteiger partial charge in [0.05, 0.1) is 14.2 Å². The monoisotopic (exact) mass is 431 g/mol. The van der Waals surface area contributed by atoms with Gasteiger partial charge in [-0.15, -0.1) is 10.2 Å². The Morgan fingerprint density at radius 1 is 1.20 bits per heavy atom. The summed E-state index contributed by atoms with van der Waals surface area (Å²) in [7, 11) is 3.17. The number of nitrogens with one attached hydrogen (secondary N) is 1. The van der Waals surface area contributed by atoms with Gasteiger partial charge in [0.1, 0.15) is 6.04 Å². The van der Waals surface area contributed by atoms with Crippen LogP contribution in [-0.2, 0) is 16.1 Å². The van der Waals surface area contributed by atoms with Crippen LogP contribution >= 0.6 is 11.3 Å². The highest BCUT2D eigenvalue weighted by molar-refractivity contribution is 7.19. The fourth-order valence-electron chi connectivity index (χ4n) is 3.94. The zero-order valence-electron chi connectivity index (χ0n) is 17.1. The lowest BCUT2D eigenvalue weighted by atomic mass is 10.1. The number of carbonyl (C=O) groups is 2. The number of amides is 2. The van der Waals surface area contributed by atoms with Gasteiger partial charge < -0.3 is 19.7 Å². The first-order chi connectivity index (χ1) is 14.6. The molecule has 3 heterocycles. The zero-order chi connectivity index (χ0) is 21.1. The minimum absolute atomic E-state index is 0.0635. The molecule has 1 N–H and O–H groups in total. The van der Waals surface area contributed by atoms with Crippen molar-refractivity contribution in [2.24, 2.45) is 0 Å².